The first-order valence-electron chi connectivity index (χ1n) is 12.6. The molecule has 9 heteroatoms. The van der Waals surface area contributed by atoms with Gasteiger partial charge in [-0.05, 0) is 66.3 Å². The average Bonchev–Trinajstić information content (AvgIpc) is 2.86. The molecule has 1 heterocycles. The van der Waals surface area contributed by atoms with Crippen LogP contribution in [0.25, 0.3) is 0 Å². The summed E-state index contributed by atoms with van der Waals surface area (Å²) in [5.74, 6) is -0.880. The lowest BCUT2D eigenvalue weighted by atomic mass is 9.81. The van der Waals surface area contributed by atoms with Crippen molar-refractivity contribution in [2.45, 2.75) is 83.0 Å². The number of hydrogen-bond donors (Lipinski definition) is 2. The second kappa shape index (κ2) is 11.9. The smallest absolute Gasteiger partial charge is 0.416 e. The van der Waals surface area contributed by atoms with E-state index < -0.39 is 17.7 Å². The molecule has 1 saturated carbocycles. The van der Waals surface area contributed by atoms with Crippen molar-refractivity contribution in [3.05, 3.63) is 64.0 Å². The first-order chi connectivity index (χ1) is 17.3. The third kappa shape index (κ3) is 6.84. The molecule has 2 aromatic rings. The molecule has 2 N–H and O–H groups in total. The molecule has 0 atom stereocenters. The number of carboxylic acids is 1. The van der Waals surface area contributed by atoms with Gasteiger partial charge in [0, 0.05) is 19.3 Å². The maximum Gasteiger partial charge on any atom is 0.416 e. The van der Waals surface area contributed by atoms with Crippen LogP contribution in [0.5, 0.6) is 0 Å². The van der Waals surface area contributed by atoms with E-state index in [2.05, 4.69) is 15.5 Å². The molecule has 0 amide bonds. The van der Waals surface area contributed by atoms with Gasteiger partial charge in [-0.1, -0.05) is 42.6 Å². The SMILES string of the molecule is O=C(O)CCNCc1cnc2c(c1)CCCC2=NOCc1ccc(C2CCCCC2)c(C(F)(F)F)c1. The molecule has 0 radical (unpaired) electrons. The third-order valence-corrected chi connectivity index (χ3v) is 6.88. The number of benzene rings is 1. The van der Waals surface area contributed by atoms with E-state index in [-0.39, 0.29) is 18.9 Å². The zero-order valence-electron chi connectivity index (χ0n) is 20.2. The summed E-state index contributed by atoms with van der Waals surface area (Å²) in [5.41, 5.74) is 3.72. The Morgan fingerprint density at radius 3 is 2.67 bits per heavy atom. The Kier molecular flexibility index (Phi) is 8.61. The predicted molar refractivity (Wildman–Crippen MR) is 130 cm³/mol. The first kappa shape index (κ1) is 26.1. The van der Waals surface area contributed by atoms with Crippen molar-refractivity contribution in [3.63, 3.8) is 0 Å². The van der Waals surface area contributed by atoms with Crippen LogP contribution >= 0.6 is 0 Å². The van der Waals surface area contributed by atoms with Crippen LogP contribution in [0.1, 0.15) is 90.8 Å². The average molecular weight is 504 g/mol. The summed E-state index contributed by atoms with van der Waals surface area (Å²) in [7, 11) is 0. The summed E-state index contributed by atoms with van der Waals surface area (Å²) in [6.45, 7) is 0.859. The van der Waals surface area contributed by atoms with Gasteiger partial charge in [0.25, 0.3) is 0 Å². The molecule has 0 aliphatic heterocycles. The number of aryl methyl sites for hydroxylation is 1. The normalized spacial score (nSPS) is 17.7. The Morgan fingerprint density at radius 2 is 1.92 bits per heavy atom. The molecule has 36 heavy (non-hydrogen) atoms. The van der Waals surface area contributed by atoms with Gasteiger partial charge in [0.05, 0.1) is 17.7 Å². The van der Waals surface area contributed by atoms with Gasteiger partial charge in [-0.25, -0.2) is 0 Å². The molecule has 2 aliphatic rings. The van der Waals surface area contributed by atoms with Crippen molar-refractivity contribution in [1.82, 2.24) is 10.3 Å². The molecule has 0 saturated heterocycles. The first-order valence-corrected chi connectivity index (χ1v) is 12.6. The van der Waals surface area contributed by atoms with Crippen LogP contribution in [-0.4, -0.2) is 28.3 Å². The number of fused-ring (bicyclic) bond motifs is 1. The fourth-order valence-electron chi connectivity index (χ4n) is 5.08. The number of aliphatic carboxylic acids is 1. The quantitative estimate of drug-likeness (QED) is 0.325. The van der Waals surface area contributed by atoms with Crippen molar-refractivity contribution in [3.8, 4) is 0 Å². The van der Waals surface area contributed by atoms with E-state index in [1.54, 1.807) is 18.3 Å². The van der Waals surface area contributed by atoms with E-state index in [0.717, 1.165) is 61.8 Å². The van der Waals surface area contributed by atoms with E-state index in [1.807, 2.05) is 6.07 Å². The van der Waals surface area contributed by atoms with Gasteiger partial charge in [0.1, 0.15) is 12.3 Å². The predicted octanol–water partition coefficient (Wildman–Crippen LogP) is 5.97. The van der Waals surface area contributed by atoms with E-state index in [1.165, 1.54) is 6.07 Å². The molecular weight excluding hydrogens is 471 g/mol. The number of nitrogens with one attached hydrogen (secondary N) is 1. The zero-order valence-corrected chi connectivity index (χ0v) is 20.2. The van der Waals surface area contributed by atoms with Crippen molar-refractivity contribution < 1.29 is 27.9 Å². The van der Waals surface area contributed by atoms with Crippen LogP contribution in [0.3, 0.4) is 0 Å². The fraction of sp³-hybridized carbons (Fsp3) is 0.519. The van der Waals surface area contributed by atoms with Crippen LogP contribution < -0.4 is 5.32 Å². The number of rotatable bonds is 9. The van der Waals surface area contributed by atoms with Crippen LogP contribution in [-0.2, 0) is 35.4 Å². The summed E-state index contributed by atoms with van der Waals surface area (Å²) >= 11 is 0. The molecule has 1 fully saturated rings. The maximum atomic E-state index is 13.8. The van der Waals surface area contributed by atoms with Crippen LogP contribution in [0.2, 0.25) is 0 Å². The van der Waals surface area contributed by atoms with Crippen LogP contribution in [0.4, 0.5) is 13.2 Å². The van der Waals surface area contributed by atoms with Gasteiger partial charge >= 0.3 is 12.1 Å². The molecule has 4 rings (SSSR count). The minimum absolute atomic E-state index is 0.0346. The molecule has 2 aliphatic carbocycles. The lowest BCUT2D eigenvalue weighted by molar-refractivity contribution is -0.139. The highest BCUT2D eigenvalue weighted by molar-refractivity contribution is 6.00. The molecular formula is C27H32F3N3O3. The summed E-state index contributed by atoms with van der Waals surface area (Å²) in [6, 6.07) is 6.58. The van der Waals surface area contributed by atoms with E-state index in [4.69, 9.17) is 9.94 Å². The molecule has 194 valence electrons. The number of aromatic nitrogens is 1. The van der Waals surface area contributed by atoms with Gasteiger partial charge in [0.2, 0.25) is 0 Å². The lowest BCUT2D eigenvalue weighted by Crippen LogP contribution is -2.19. The zero-order chi connectivity index (χ0) is 25.5. The Balaban J connectivity index is 1.41. The van der Waals surface area contributed by atoms with Gasteiger partial charge in [-0.2, -0.15) is 13.2 Å². The maximum absolute atomic E-state index is 13.8. The Morgan fingerprint density at radius 1 is 1.11 bits per heavy atom. The second-order valence-corrected chi connectivity index (χ2v) is 9.59. The van der Waals surface area contributed by atoms with Crippen LogP contribution in [0.15, 0.2) is 35.6 Å². The highest BCUT2D eigenvalue weighted by Gasteiger charge is 2.35. The molecule has 6 nitrogen and oxygen atoms in total. The van der Waals surface area contributed by atoms with E-state index in [0.29, 0.717) is 36.3 Å². The number of alkyl halides is 3. The number of carboxylic acid groups (broad SMARTS) is 1. The third-order valence-electron chi connectivity index (χ3n) is 6.88. The number of carbonyl (C=O) groups is 1. The molecule has 0 spiro atoms. The number of pyridine rings is 1. The Labute approximate surface area is 209 Å². The summed E-state index contributed by atoms with van der Waals surface area (Å²) in [6.07, 6.45) is 4.44. The molecule has 0 unspecified atom stereocenters. The number of hydrogen-bond acceptors (Lipinski definition) is 5. The van der Waals surface area contributed by atoms with Crippen molar-refractivity contribution >= 4 is 11.7 Å². The second-order valence-electron chi connectivity index (χ2n) is 9.59. The van der Waals surface area contributed by atoms with Crippen molar-refractivity contribution in [1.29, 1.82) is 0 Å². The standard InChI is InChI=1S/C27H32F3N3O3/c28-27(29,30)23-14-18(9-10-22(23)20-5-2-1-3-6-20)17-36-33-24-8-4-7-21-13-19(16-32-26(21)24)15-31-12-11-25(34)35/h9-10,13-14,16,20,31H,1-8,11-12,15,17H2,(H,34,35). The highest BCUT2D eigenvalue weighted by atomic mass is 19.4. The van der Waals surface area contributed by atoms with Gasteiger partial charge < -0.3 is 15.3 Å². The highest BCUT2D eigenvalue weighted by Crippen LogP contribution is 2.41. The van der Waals surface area contributed by atoms with E-state index >= 15 is 0 Å². The Hall–Kier alpha value is -2.94. The summed E-state index contributed by atoms with van der Waals surface area (Å²) in [4.78, 5) is 20.7. The number of nitrogens with zero attached hydrogens (tertiary/aromatic N) is 2. The number of oxime groups is 1. The molecule has 1 aromatic heterocycles. The lowest BCUT2D eigenvalue weighted by Gasteiger charge is -2.25. The fourth-order valence-corrected chi connectivity index (χ4v) is 5.08. The number of halogens is 3. The van der Waals surface area contributed by atoms with Crippen LogP contribution in [0, 0.1) is 0 Å². The topological polar surface area (TPSA) is 83.8 Å². The summed E-state index contributed by atoms with van der Waals surface area (Å²) < 4.78 is 41.5. The van der Waals surface area contributed by atoms with E-state index in [9.17, 15) is 18.0 Å². The van der Waals surface area contributed by atoms with Crippen molar-refractivity contribution in [2.24, 2.45) is 5.16 Å². The molecule has 0 bridgehead atoms. The van der Waals surface area contributed by atoms with Gasteiger partial charge in [-0.3, -0.25) is 9.78 Å². The minimum Gasteiger partial charge on any atom is -0.481 e. The largest absolute Gasteiger partial charge is 0.481 e. The monoisotopic (exact) mass is 503 g/mol. The van der Waals surface area contributed by atoms with Gasteiger partial charge in [0.15, 0.2) is 0 Å². The molecule has 1 aromatic carbocycles. The minimum atomic E-state index is -4.40. The summed E-state index contributed by atoms with van der Waals surface area (Å²) in [5, 5.41) is 16.1. The van der Waals surface area contributed by atoms with Gasteiger partial charge in [-0.15, -0.1) is 0 Å². The van der Waals surface area contributed by atoms with Crippen molar-refractivity contribution in [2.75, 3.05) is 6.54 Å². The Bertz CT molecular complexity index is 1100.